The Labute approximate surface area is 155 Å². The van der Waals surface area contributed by atoms with Gasteiger partial charge in [-0.25, -0.2) is 9.59 Å². The van der Waals surface area contributed by atoms with Crippen LogP contribution in [0.5, 0.6) is 5.75 Å². The number of nitro groups is 1. The molecule has 3 rings (SSSR count). The number of para-hydroxylation sites is 1. The second-order valence-electron chi connectivity index (χ2n) is 5.50. The number of aliphatic carboxylic acids is 1. The number of carboxylic acids is 1. The number of nitrogens with one attached hydrogen (secondary N) is 1. The summed E-state index contributed by atoms with van der Waals surface area (Å²) in [5.41, 5.74) is -1.33. The third kappa shape index (κ3) is 3.77. The molecule has 28 heavy (non-hydrogen) atoms. The van der Waals surface area contributed by atoms with Crippen LogP contribution < -0.4 is 16.0 Å². The number of nitrogens with zero attached hydrogens (tertiary/aromatic N) is 3. The van der Waals surface area contributed by atoms with E-state index in [0.717, 1.165) is 12.3 Å². The topological polar surface area (TPSA) is 157 Å². The minimum Gasteiger partial charge on any atom is -0.479 e. The molecule has 0 aliphatic heterocycles. The van der Waals surface area contributed by atoms with Crippen LogP contribution in [-0.2, 0) is 4.79 Å². The lowest BCUT2D eigenvalue weighted by Crippen LogP contribution is -2.32. The van der Waals surface area contributed by atoms with Crippen molar-refractivity contribution in [2.24, 2.45) is 5.10 Å². The molecule has 0 saturated carbocycles. The first-order valence-corrected chi connectivity index (χ1v) is 7.78. The van der Waals surface area contributed by atoms with E-state index in [0.29, 0.717) is 10.2 Å². The van der Waals surface area contributed by atoms with Gasteiger partial charge in [0.25, 0.3) is 5.56 Å². The number of ether oxygens (including phenoxy) is 1. The summed E-state index contributed by atoms with van der Waals surface area (Å²) in [5.74, 6) is -1.51. The van der Waals surface area contributed by atoms with Gasteiger partial charge in [0.05, 0.1) is 22.0 Å². The molecule has 1 aromatic heterocycles. The SMILES string of the molecule is O=C(O)COc1ccc(C=Nn2c(=O)[nH]c3ccccc3c2=O)cc1[N+](=O)[O-]. The first-order valence-electron chi connectivity index (χ1n) is 7.78. The number of nitro benzene ring substituents is 1. The number of aromatic nitrogens is 2. The first kappa shape index (κ1) is 18.5. The van der Waals surface area contributed by atoms with Gasteiger partial charge in [0.1, 0.15) is 0 Å². The van der Waals surface area contributed by atoms with Crippen molar-refractivity contribution in [1.29, 1.82) is 0 Å². The molecule has 0 saturated heterocycles. The quantitative estimate of drug-likeness (QED) is 0.364. The second-order valence-corrected chi connectivity index (χ2v) is 5.50. The maximum Gasteiger partial charge on any atom is 0.349 e. The molecule has 2 aromatic carbocycles. The van der Waals surface area contributed by atoms with E-state index in [1.54, 1.807) is 18.2 Å². The third-order valence-electron chi connectivity index (χ3n) is 3.64. The van der Waals surface area contributed by atoms with E-state index < -0.39 is 34.4 Å². The van der Waals surface area contributed by atoms with E-state index >= 15 is 0 Å². The molecule has 11 nitrogen and oxygen atoms in total. The van der Waals surface area contributed by atoms with Crippen LogP contribution in [0.25, 0.3) is 10.9 Å². The lowest BCUT2D eigenvalue weighted by atomic mass is 10.2. The number of carbonyl (C=O) groups is 1. The van der Waals surface area contributed by atoms with E-state index in [2.05, 4.69) is 10.1 Å². The van der Waals surface area contributed by atoms with Crippen LogP contribution in [0, 0.1) is 10.1 Å². The van der Waals surface area contributed by atoms with Crippen LogP contribution in [0.3, 0.4) is 0 Å². The summed E-state index contributed by atoms with van der Waals surface area (Å²) < 4.78 is 5.47. The highest BCUT2D eigenvalue weighted by atomic mass is 16.6. The lowest BCUT2D eigenvalue weighted by molar-refractivity contribution is -0.385. The third-order valence-corrected chi connectivity index (χ3v) is 3.64. The van der Waals surface area contributed by atoms with E-state index in [4.69, 9.17) is 9.84 Å². The van der Waals surface area contributed by atoms with Gasteiger partial charge in [-0.2, -0.15) is 5.10 Å². The number of H-pyrrole nitrogens is 1. The van der Waals surface area contributed by atoms with Gasteiger partial charge >= 0.3 is 17.3 Å². The van der Waals surface area contributed by atoms with Crippen molar-refractivity contribution in [3.63, 3.8) is 0 Å². The molecule has 0 atom stereocenters. The lowest BCUT2D eigenvalue weighted by Gasteiger charge is -2.05. The molecule has 0 aliphatic carbocycles. The molecule has 0 unspecified atom stereocenters. The van der Waals surface area contributed by atoms with Crippen LogP contribution in [-0.4, -0.2) is 38.5 Å². The van der Waals surface area contributed by atoms with Gasteiger partial charge in [0, 0.05) is 11.6 Å². The summed E-state index contributed by atoms with van der Waals surface area (Å²) in [6, 6.07) is 10.1. The maximum atomic E-state index is 12.4. The molecule has 0 bridgehead atoms. The summed E-state index contributed by atoms with van der Waals surface area (Å²) in [5, 5.41) is 23.8. The summed E-state index contributed by atoms with van der Waals surface area (Å²) in [6.45, 7) is -0.740. The van der Waals surface area contributed by atoms with Crippen molar-refractivity contribution >= 4 is 28.8 Å². The number of carboxylic acid groups (broad SMARTS) is 1. The van der Waals surface area contributed by atoms with Gasteiger partial charge < -0.3 is 14.8 Å². The van der Waals surface area contributed by atoms with Gasteiger partial charge in [-0.15, -0.1) is 4.68 Å². The smallest absolute Gasteiger partial charge is 0.349 e. The molecule has 0 aliphatic rings. The van der Waals surface area contributed by atoms with Crippen LogP contribution >= 0.6 is 0 Å². The molecule has 11 heteroatoms. The molecular formula is C17H12N4O7. The van der Waals surface area contributed by atoms with Gasteiger partial charge in [-0.1, -0.05) is 12.1 Å². The van der Waals surface area contributed by atoms with Crippen molar-refractivity contribution < 1.29 is 19.6 Å². The van der Waals surface area contributed by atoms with Crippen molar-refractivity contribution in [1.82, 2.24) is 9.66 Å². The Morgan fingerprint density at radius 3 is 2.75 bits per heavy atom. The number of aromatic amines is 1. The number of rotatable bonds is 6. The van der Waals surface area contributed by atoms with Crippen LogP contribution in [0.4, 0.5) is 5.69 Å². The summed E-state index contributed by atoms with van der Waals surface area (Å²) in [7, 11) is 0. The molecule has 1 heterocycles. The van der Waals surface area contributed by atoms with Crippen molar-refractivity contribution in [2.45, 2.75) is 0 Å². The van der Waals surface area contributed by atoms with Crippen molar-refractivity contribution in [3.8, 4) is 5.75 Å². The Morgan fingerprint density at radius 1 is 1.29 bits per heavy atom. The molecular weight excluding hydrogens is 372 g/mol. The molecule has 3 aromatic rings. The molecule has 0 fully saturated rings. The van der Waals surface area contributed by atoms with Crippen LogP contribution in [0.1, 0.15) is 5.56 Å². The standard InChI is InChI=1S/C17H12N4O7/c22-15(23)9-28-14-6-5-10(7-13(14)21(26)27)8-18-20-16(24)11-3-1-2-4-12(11)19-17(20)25/h1-8H,9H2,(H,19,25)(H,22,23). The normalized spacial score (nSPS) is 11.0. The highest BCUT2D eigenvalue weighted by Gasteiger charge is 2.16. The average molecular weight is 384 g/mol. The Bertz CT molecular complexity index is 1230. The predicted molar refractivity (Wildman–Crippen MR) is 98.0 cm³/mol. The van der Waals surface area contributed by atoms with Gasteiger partial charge in [-0.3, -0.25) is 14.9 Å². The average Bonchev–Trinajstić information content (AvgIpc) is 2.66. The zero-order valence-electron chi connectivity index (χ0n) is 14.1. The zero-order valence-corrected chi connectivity index (χ0v) is 14.1. The number of hydrogen-bond acceptors (Lipinski definition) is 7. The van der Waals surface area contributed by atoms with E-state index in [9.17, 15) is 24.5 Å². The zero-order chi connectivity index (χ0) is 20.3. The highest BCUT2D eigenvalue weighted by Crippen LogP contribution is 2.27. The van der Waals surface area contributed by atoms with Gasteiger partial charge in [0.2, 0.25) is 0 Å². The summed E-state index contributed by atoms with van der Waals surface area (Å²) >= 11 is 0. The first-order chi connectivity index (χ1) is 13.4. The summed E-state index contributed by atoms with van der Waals surface area (Å²) in [6.07, 6.45) is 1.10. The monoisotopic (exact) mass is 384 g/mol. The Balaban J connectivity index is 1.99. The minimum absolute atomic E-state index is 0.203. The minimum atomic E-state index is -1.28. The summed E-state index contributed by atoms with van der Waals surface area (Å²) in [4.78, 5) is 47.9. The van der Waals surface area contributed by atoms with E-state index in [-0.39, 0.29) is 16.7 Å². The predicted octanol–water partition coefficient (Wildman–Crippen LogP) is 0.944. The van der Waals surface area contributed by atoms with E-state index in [1.807, 2.05) is 0 Å². The molecule has 0 radical (unpaired) electrons. The Morgan fingerprint density at radius 2 is 2.04 bits per heavy atom. The van der Waals surface area contributed by atoms with Gasteiger partial charge in [0.15, 0.2) is 12.4 Å². The number of benzene rings is 2. The Kier molecular flexibility index (Phi) is 4.98. The largest absolute Gasteiger partial charge is 0.479 e. The second kappa shape index (κ2) is 7.53. The maximum absolute atomic E-state index is 12.4. The number of hydrogen-bond donors (Lipinski definition) is 2. The van der Waals surface area contributed by atoms with Crippen LogP contribution in [0.2, 0.25) is 0 Å². The fraction of sp³-hybridized carbons (Fsp3) is 0.0588. The highest BCUT2D eigenvalue weighted by molar-refractivity contribution is 5.82. The molecule has 142 valence electrons. The molecule has 0 spiro atoms. The van der Waals surface area contributed by atoms with Crippen molar-refractivity contribution in [3.05, 3.63) is 79.0 Å². The van der Waals surface area contributed by atoms with Crippen molar-refractivity contribution in [2.75, 3.05) is 6.61 Å². The fourth-order valence-electron chi connectivity index (χ4n) is 2.40. The molecule has 2 N–H and O–H groups in total. The van der Waals surface area contributed by atoms with Crippen LogP contribution in [0.15, 0.2) is 57.2 Å². The van der Waals surface area contributed by atoms with Gasteiger partial charge in [-0.05, 0) is 24.3 Å². The number of fused-ring (bicyclic) bond motifs is 1. The Hall–Kier alpha value is -4.28. The molecule has 0 amide bonds. The van der Waals surface area contributed by atoms with E-state index in [1.165, 1.54) is 18.2 Å². The fourth-order valence-corrected chi connectivity index (χ4v) is 2.40.